The standard InChI is InChI=1S/C16H18N4O3S/c1-18-15(23)12(8-13(17)21)20-14(22)7-11-9-24-16(19-11)10-5-3-2-4-6-10/h2-6,9,12H,7-8H2,1H3,(H2,17,21)(H,18,23)(H,20,22)/t12-/m0/s1. The van der Waals surface area contributed by atoms with Crippen molar-refractivity contribution in [3.05, 3.63) is 41.4 Å². The average Bonchev–Trinajstić information content (AvgIpc) is 3.02. The van der Waals surface area contributed by atoms with E-state index in [1.807, 2.05) is 30.3 Å². The van der Waals surface area contributed by atoms with Crippen molar-refractivity contribution in [3.63, 3.8) is 0 Å². The van der Waals surface area contributed by atoms with Crippen LogP contribution in [0.2, 0.25) is 0 Å². The van der Waals surface area contributed by atoms with E-state index in [4.69, 9.17) is 5.73 Å². The van der Waals surface area contributed by atoms with Crippen LogP contribution in [0, 0.1) is 0 Å². The maximum Gasteiger partial charge on any atom is 0.242 e. The lowest BCUT2D eigenvalue weighted by Gasteiger charge is -2.15. The van der Waals surface area contributed by atoms with Gasteiger partial charge >= 0.3 is 0 Å². The van der Waals surface area contributed by atoms with E-state index >= 15 is 0 Å². The van der Waals surface area contributed by atoms with Crippen molar-refractivity contribution in [1.29, 1.82) is 0 Å². The van der Waals surface area contributed by atoms with Crippen LogP contribution < -0.4 is 16.4 Å². The summed E-state index contributed by atoms with van der Waals surface area (Å²) in [4.78, 5) is 39.2. The third-order valence-electron chi connectivity index (χ3n) is 3.22. The van der Waals surface area contributed by atoms with Gasteiger partial charge in [0.05, 0.1) is 18.5 Å². The first kappa shape index (κ1) is 17.6. The molecule has 0 unspecified atom stereocenters. The molecule has 0 saturated heterocycles. The number of nitrogens with one attached hydrogen (secondary N) is 2. The Kier molecular flexibility index (Phi) is 6.02. The van der Waals surface area contributed by atoms with Crippen molar-refractivity contribution >= 4 is 29.1 Å². The Balaban J connectivity index is 2.00. The molecule has 0 radical (unpaired) electrons. The number of hydrogen-bond acceptors (Lipinski definition) is 5. The second-order valence-electron chi connectivity index (χ2n) is 5.09. The van der Waals surface area contributed by atoms with Gasteiger partial charge in [-0.1, -0.05) is 30.3 Å². The van der Waals surface area contributed by atoms with E-state index in [9.17, 15) is 14.4 Å². The zero-order chi connectivity index (χ0) is 17.5. The minimum absolute atomic E-state index is 0.0234. The van der Waals surface area contributed by atoms with Gasteiger partial charge < -0.3 is 16.4 Å². The molecule has 0 bridgehead atoms. The molecule has 4 N–H and O–H groups in total. The quantitative estimate of drug-likeness (QED) is 0.675. The Hall–Kier alpha value is -2.74. The second kappa shape index (κ2) is 8.21. The van der Waals surface area contributed by atoms with Crippen molar-refractivity contribution in [3.8, 4) is 10.6 Å². The van der Waals surface area contributed by atoms with Gasteiger partial charge in [-0.2, -0.15) is 0 Å². The minimum Gasteiger partial charge on any atom is -0.370 e. The zero-order valence-corrected chi connectivity index (χ0v) is 13.9. The summed E-state index contributed by atoms with van der Waals surface area (Å²) in [6.07, 6.45) is -0.229. The number of benzene rings is 1. The predicted octanol–water partition coefficient (Wildman–Crippen LogP) is 0.459. The van der Waals surface area contributed by atoms with Gasteiger partial charge in [0.15, 0.2) is 0 Å². The number of likely N-dealkylation sites (N-methyl/N-ethyl adjacent to an activating group) is 1. The molecule has 126 valence electrons. The van der Waals surface area contributed by atoms with Crippen molar-refractivity contribution < 1.29 is 14.4 Å². The normalized spacial score (nSPS) is 11.5. The van der Waals surface area contributed by atoms with Gasteiger partial charge in [0, 0.05) is 18.0 Å². The summed E-state index contributed by atoms with van der Waals surface area (Å²) < 4.78 is 0. The Morgan fingerprint density at radius 2 is 1.96 bits per heavy atom. The first-order valence-corrected chi connectivity index (χ1v) is 8.16. The number of nitrogens with zero attached hydrogens (tertiary/aromatic N) is 1. The first-order valence-electron chi connectivity index (χ1n) is 7.28. The van der Waals surface area contributed by atoms with Gasteiger partial charge in [-0.15, -0.1) is 11.3 Å². The van der Waals surface area contributed by atoms with Crippen LogP contribution in [0.15, 0.2) is 35.7 Å². The highest BCUT2D eigenvalue weighted by atomic mass is 32.1. The van der Waals surface area contributed by atoms with E-state index in [1.54, 1.807) is 5.38 Å². The summed E-state index contributed by atoms with van der Waals surface area (Å²) in [5.74, 6) is -1.52. The van der Waals surface area contributed by atoms with E-state index < -0.39 is 23.8 Å². The molecule has 1 atom stereocenters. The molecular weight excluding hydrogens is 328 g/mol. The number of thiazole rings is 1. The van der Waals surface area contributed by atoms with Crippen molar-refractivity contribution in [2.45, 2.75) is 18.9 Å². The smallest absolute Gasteiger partial charge is 0.242 e. The molecule has 7 nitrogen and oxygen atoms in total. The van der Waals surface area contributed by atoms with Crippen LogP contribution in [0.25, 0.3) is 10.6 Å². The second-order valence-corrected chi connectivity index (χ2v) is 5.95. The summed E-state index contributed by atoms with van der Waals surface area (Å²) in [6.45, 7) is 0. The van der Waals surface area contributed by atoms with Crippen molar-refractivity contribution in [2.24, 2.45) is 5.73 Å². The third-order valence-corrected chi connectivity index (χ3v) is 4.16. The molecule has 0 spiro atoms. The first-order chi connectivity index (χ1) is 11.5. The molecule has 0 aliphatic carbocycles. The van der Waals surface area contributed by atoms with Gasteiger partial charge in [-0.05, 0) is 0 Å². The van der Waals surface area contributed by atoms with Crippen LogP contribution in [0.3, 0.4) is 0 Å². The summed E-state index contributed by atoms with van der Waals surface area (Å²) >= 11 is 1.44. The lowest BCUT2D eigenvalue weighted by molar-refractivity contribution is -0.130. The third kappa shape index (κ3) is 4.88. The highest BCUT2D eigenvalue weighted by molar-refractivity contribution is 7.13. The largest absolute Gasteiger partial charge is 0.370 e. The summed E-state index contributed by atoms with van der Waals surface area (Å²) in [7, 11) is 1.43. The van der Waals surface area contributed by atoms with E-state index in [0.717, 1.165) is 10.6 Å². The molecular formula is C16H18N4O3S. The summed E-state index contributed by atoms with van der Waals surface area (Å²) in [5, 5.41) is 7.51. The highest BCUT2D eigenvalue weighted by Crippen LogP contribution is 2.23. The number of hydrogen-bond donors (Lipinski definition) is 3. The van der Waals surface area contributed by atoms with Crippen LogP contribution in [0.1, 0.15) is 12.1 Å². The molecule has 1 aromatic carbocycles. The van der Waals surface area contributed by atoms with Crippen molar-refractivity contribution in [2.75, 3.05) is 7.05 Å². The molecule has 2 aromatic rings. The molecule has 8 heteroatoms. The Labute approximate surface area is 143 Å². The molecule has 2 rings (SSSR count). The fourth-order valence-electron chi connectivity index (χ4n) is 2.10. The van der Waals surface area contributed by atoms with E-state index in [0.29, 0.717) is 5.69 Å². The monoisotopic (exact) mass is 346 g/mol. The molecule has 3 amide bonds. The van der Waals surface area contributed by atoms with E-state index in [-0.39, 0.29) is 12.8 Å². The Morgan fingerprint density at radius 1 is 1.25 bits per heavy atom. The Bertz CT molecular complexity index is 730. The van der Waals surface area contributed by atoms with Crippen molar-refractivity contribution in [1.82, 2.24) is 15.6 Å². The maximum absolute atomic E-state index is 12.1. The summed E-state index contributed by atoms with van der Waals surface area (Å²) in [6, 6.07) is 8.66. The highest BCUT2D eigenvalue weighted by Gasteiger charge is 2.22. The molecule has 1 aromatic heterocycles. The molecule has 0 aliphatic heterocycles. The lowest BCUT2D eigenvalue weighted by atomic mass is 10.1. The number of carbonyl (C=O) groups is 3. The predicted molar refractivity (Wildman–Crippen MR) is 91.1 cm³/mol. The number of aromatic nitrogens is 1. The number of nitrogens with two attached hydrogens (primary N) is 1. The Morgan fingerprint density at radius 3 is 2.58 bits per heavy atom. The van der Waals surface area contributed by atoms with Gasteiger partial charge in [0.25, 0.3) is 0 Å². The molecule has 1 heterocycles. The van der Waals surface area contributed by atoms with Gasteiger partial charge in [-0.25, -0.2) is 4.98 Å². The number of carbonyl (C=O) groups excluding carboxylic acids is 3. The lowest BCUT2D eigenvalue weighted by Crippen LogP contribution is -2.48. The molecule has 0 aliphatic rings. The van der Waals surface area contributed by atoms with Crippen LogP contribution in [-0.4, -0.2) is 35.8 Å². The number of amides is 3. The van der Waals surface area contributed by atoms with Crippen LogP contribution in [-0.2, 0) is 20.8 Å². The van der Waals surface area contributed by atoms with Gasteiger partial charge in [0.2, 0.25) is 17.7 Å². The molecule has 0 saturated carbocycles. The van der Waals surface area contributed by atoms with E-state index in [2.05, 4.69) is 15.6 Å². The van der Waals surface area contributed by atoms with Gasteiger partial charge in [0.1, 0.15) is 11.0 Å². The topological polar surface area (TPSA) is 114 Å². The SMILES string of the molecule is CNC(=O)[C@H](CC(N)=O)NC(=O)Cc1csc(-c2ccccc2)n1. The van der Waals surface area contributed by atoms with Gasteiger partial charge in [-0.3, -0.25) is 14.4 Å². The minimum atomic E-state index is -0.979. The van der Waals surface area contributed by atoms with E-state index in [1.165, 1.54) is 18.4 Å². The number of primary amides is 1. The molecule has 24 heavy (non-hydrogen) atoms. The fraction of sp³-hybridized carbons (Fsp3) is 0.250. The van der Waals surface area contributed by atoms with Crippen LogP contribution in [0.5, 0.6) is 0 Å². The van der Waals surface area contributed by atoms with Crippen LogP contribution >= 0.6 is 11.3 Å². The average molecular weight is 346 g/mol. The molecule has 0 fully saturated rings. The zero-order valence-electron chi connectivity index (χ0n) is 13.1. The maximum atomic E-state index is 12.1. The fourth-order valence-corrected chi connectivity index (χ4v) is 2.92. The van der Waals surface area contributed by atoms with Crippen LogP contribution in [0.4, 0.5) is 0 Å². The number of rotatable bonds is 7. The summed E-state index contributed by atoms with van der Waals surface area (Å²) in [5.41, 5.74) is 6.68.